The standard InChI is InChI=1S/C18H16BrN5/c19-11-2-1-3-12(8-11)24-18-14-9-13(23-17-7-5-15(17)20)4-6-16(14)21-10-22-18/h1-4,6,8-10,23H,5,7,20H2,(H,21,22,24). The van der Waals surface area contributed by atoms with Crippen molar-refractivity contribution >= 4 is 44.0 Å². The van der Waals surface area contributed by atoms with E-state index in [0.717, 1.165) is 56.8 Å². The molecule has 0 amide bonds. The van der Waals surface area contributed by atoms with Crippen molar-refractivity contribution in [2.75, 3.05) is 10.6 Å². The van der Waals surface area contributed by atoms with Gasteiger partial charge >= 0.3 is 0 Å². The molecular weight excluding hydrogens is 366 g/mol. The van der Waals surface area contributed by atoms with Crippen LogP contribution in [0.4, 0.5) is 17.2 Å². The lowest BCUT2D eigenvalue weighted by atomic mass is 10.0. The van der Waals surface area contributed by atoms with Crippen LogP contribution in [0, 0.1) is 0 Å². The second-order valence-electron chi connectivity index (χ2n) is 5.72. The Kier molecular flexibility index (Phi) is 3.82. The average Bonchev–Trinajstić information content (AvgIpc) is 2.59. The highest BCUT2D eigenvalue weighted by Gasteiger charge is 2.14. The lowest BCUT2D eigenvalue weighted by Gasteiger charge is -2.22. The van der Waals surface area contributed by atoms with Crippen LogP contribution >= 0.6 is 15.9 Å². The van der Waals surface area contributed by atoms with Gasteiger partial charge < -0.3 is 16.4 Å². The number of hydrogen-bond donors (Lipinski definition) is 3. The number of aromatic nitrogens is 2. The molecule has 1 heterocycles. The largest absolute Gasteiger partial charge is 0.401 e. The van der Waals surface area contributed by atoms with Crippen LogP contribution in [0.3, 0.4) is 0 Å². The van der Waals surface area contributed by atoms with Crippen LogP contribution < -0.4 is 16.4 Å². The van der Waals surface area contributed by atoms with Gasteiger partial charge in [-0.3, -0.25) is 0 Å². The Morgan fingerprint density at radius 1 is 0.958 bits per heavy atom. The Bertz CT molecular complexity index is 951. The number of hydrogen-bond acceptors (Lipinski definition) is 5. The van der Waals surface area contributed by atoms with E-state index in [4.69, 9.17) is 5.73 Å². The molecular formula is C18H16BrN5. The molecule has 3 aromatic rings. The first kappa shape index (κ1) is 15.0. The summed E-state index contributed by atoms with van der Waals surface area (Å²) in [6.45, 7) is 0. The summed E-state index contributed by atoms with van der Waals surface area (Å²) in [5.41, 5.74) is 10.8. The predicted molar refractivity (Wildman–Crippen MR) is 101 cm³/mol. The average molecular weight is 382 g/mol. The topological polar surface area (TPSA) is 75.9 Å². The Balaban J connectivity index is 1.70. The maximum atomic E-state index is 5.91. The van der Waals surface area contributed by atoms with Gasteiger partial charge in [0.25, 0.3) is 0 Å². The molecule has 1 aliphatic carbocycles. The molecule has 2 aromatic carbocycles. The Morgan fingerprint density at radius 2 is 1.83 bits per heavy atom. The van der Waals surface area contributed by atoms with Crippen molar-refractivity contribution in [1.82, 2.24) is 9.97 Å². The summed E-state index contributed by atoms with van der Waals surface area (Å²) in [5, 5.41) is 7.70. The van der Waals surface area contributed by atoms with Crippen molar-refractivity contribution in [3.05, 3.63) is 64.7 Å². The third-order valence-corrected chi connectivity index (χ3v) is 4.54. The van der Waals surface area contributed by atoms with Gasteiger partial charge in [0.1, 0.15) is 12.1 Å². The number of nitrogens with one attached hydrogen (secondary N) is 2. The third kappa shape index (κ3) is 2.92. The lowest BCUT2D eigenvalue weighted by Crippen LogP contribution is -2.18. The molecule has 0 saturated heterocycles. The van der Waals surface area contributed by atoms with Crippen LogP contribution in [0.25, 0.3) is 10.9 Å². The van der Waals surface area contributed by atoms with Gasteiger partial charge in [0, 0.05) is 32.6 Å². The van der Waals surface area contributed by atoms with Crippen LogP contribution in [-0.2, 0) is 0 Å². The smallest absolute Gasteiger partial charge is 0.141 e. The fourth-order valence-electron chi connectivity index (χ4n) is 2.65. The highest BCUT2D eigenvalue weighted by atomic mass is 79.9. The van der Waals surface area contributed by atoms with Gasteiger partial charge in [-0.15, -0.1) is 0 Å². The number of benzene rings is 2. The van der Waals surface area contributed by atoms with Gasteiger partial charge in [0.15, 0.2) is 0 Å². The zero-order chi connectivity index (χ0) is 16.5. The maximum absolute atomic E-state index is 5.91. The summed E-state index contributed by atoms with van der Waals surface area (Å²) in [6, 6.07) is 14.0. The van der Waals surface area contributed by atoms with Crippen molar-refractivity contribution in [1.29, 1.82) is 0 Å². The van der Waals surface area contributed by atoms with E-state index < -0.39 is 0 Å². The van der Waals surface area contributed by atoms with Crippen molar-refractivity contribution in [2.24, 2.45) is 5.73 Å². The fraction of sp³-hybridized carbons (Fsp3) is 0.111. The maximum Gasteiger partial charge on any atom is 0.141 e. The summed E-state index contributed by atoms with van der Waals surface area (Å²) in [6.07, 6.45) is 3.54. The van der Waals surface area contributed by atoms with Crippen molar-refractivity contribution < 1.29 is 0 Å². The molecule has 4 N–H and O–H groups in total. The molecule has 0 atom stereocenters. The third-order valence-electron chi connectivity index (χ3n) is 4.05. The van der Waals surface area contributed by atoms with Gasteiger partial charge in [-0.1, -0.05) is 22.0 Å². The molecule has 0 radical (unpaired) electrons. The number of rotatable bonds is 4. The van der Waals surface area contributed by atoms with E-state index in [9.17, 15) is 0 Å². The Labute approximate surface area is 148 Å². The van der Waals surface area contributed by atoms with E-state index in [0.29, 0.717) is 0 Å². The Hall–Kier alpha value is -2.60. The van der Waals surface area contributed by atoms with Crippen LogP contribution in [-0.4, -0.2) is 9.97 Å². The molecule has 6 heteroatoms. The van der Waals surface area contributed by atoms with Crippen LogP contribution in [0.15, 0.2) is 64.7 Å². The molecule has 0 spiro atoms. The summed E-state index contributed by atoms with van der Waals surface area (Å²) in [7, 11) is 0. The molecule has 0 aliphatic heterocycles. The van der Waals surface area contributed by atoms with Gasteiger partial charge in [0.05, 0.1) is 5.52 Å². The summed E-state index contributed by atoms with van der Waals surface area (Å²) >= 11 is 3.48. The second kappa shape index (κ2) is 6.13. The first-order valence-corrected chi connectivity index (χ1v) is 8.50. The van der Waals surface area contributed by atoms with Gasteiger partial charge in [-0.05, 0) is 49.2 Å². The van der Waals surface area contributed by atoms with E-state index in [-0.39, 0.29) is 0 Å². The van der Waals surface area contributed by atoms with E-state index in [1.165, 1.54) is 0 Å². The molecule has 0 fully saturated rings. The highest BCUT2D eigenvalue weighted by molar-refractivity contribution is 9.10. The first-order valence-electron chi connectivity index (χ1n) is 7.71. The van der Waals surface area contributed by atoms with E-state index >= 15 is 0 Å². The predicted octanol–water partition coefficient (Wildman–Crippen LogP) is 4.51. The monoisotopic (exact) mass is 381 g/mol. The number of halogens is 1. The van der Waals surface area contributed by atoms with E-state index in [2.05, 4.69) is 36.5 Å². The molecule has 120 valence electrons. The van der Waals surface area contributed by atoms with Crippen LogP contribution in [0.2, 0.25) is 0 Å². The molecule has 1 aromatic heterocycles. The van der Waals surface area contributed by atoms with E-state index in [1.54, 1.807) is 6.33 Å². The highest BCUT2D eigenvalue weighted by Crippen LogP contribution is 2.30. The minimum atomic E-state index is 0.775. The number of nitrogens with zero attached hydrogens (tertiary/aromatic N) is 2. The lowest BCUT2D eigenvalue weighted by molar-refractivity contribution is 0.791. The van der Waals surface area contributed by atoms with Gasteiger partial charge in [0.2, 0.25) is 0 Å². The fourth-order valence-corrected chi connectivity index (χ4v) is 3.05. The minimum absolute atomic E-state index is 0.775. The summed E-state index contributed by atoms with van der Waals surface area (Å²) in [5.74, 6) is 0.775. The number of fused-ring (bicyclic) bond motifs is 1. The second-order valence-corrected chi connectivity index (χ2v) is 6.63. The molecule has 0 unspecified atom stereocenters. The van der Waals surface area contributed by atoms with Gasteiger partial charge in [-0.2, -0.15) is 0 Å². The van der Waals surface area contributed by atoms with Crippen LogP contribution in [0.5, 0.6) is 0 Å². The molecule has 5 nitrogen and oxygen atoms in total. The Morgan fingerprint density at radius 3 is 2.58 bits per heavy atom. The number of allylic oxidation sites excluding steroid dienone is 2. The zero-order valence-electron chi connectivity index (χ0n) is 12.9. The quantitative estimate of drug-likeness (QED) is 0.619. The summed E-state index contributed by atoms with van der Waals surface area (Å²) < 4.78 is 1.01. The van der Waals surface area contributed by atoms with Crippen molar-refractivity contribution in [3.63, 3.8) is 0 Å². The molecule has 1 aliphatic rings. The zero-order valence-corrected chi connectivity index (χ0v) is 14.5. The van der Waals surface area contributed by atoms with Crippen molar-refractivity contribution in [3.8, 4) is 0 Å². The molecule has 4 rings (SSSR count). The molecule has 24 heavy (non-hydrogen) atoms. The van der Waals surface area contributed by atoms with Crippen LogP contribution in [0.1, 0.15) is 12.8 Å². The number of anilines is 3. The normalized spacial score (nSPS) is 13.7. The van der Waals surface area contributed by atoms with Crippen molar-refractivity contribution in [2.45, 2.75) is 12.8 Å². The molecule has 0 bridgehead atoms. The minimum Gasteiger partial charge on any atom is -0.401 e. The summed E-state index contributed by atoms with van der Waals surface area (Å²) in [4.78, 5) is 8.74. The molecule has 0 saturated carbocycles. The van der Waals surface area contributed by atoms with E-state index in [1.807, 2.05) is 42.5 Å². The SMILES string of the molecule is NC1=C(Nc2ccc3ncnc(Nc4cccc(Br)c4)c3c2)CC1. The van der Waals surface area contributed by atoms with Gasteiger partial charge in [-0.25, -0.2) is 9.97 Å². The first-order chi connectivity index (χ1) is 11.7. The number of nitrogens with two attached hydrogens (primary N) is 1.